The van der Waals surface area contributed by atoms with E-state index in [0.717, 1.165) is 11.3 Å². The number of ether oxygens (including phenoxy) is 1. The van der Waals surface area contributed by atoms with Crippen molar-refractivity contribution in [2.75, 3.05) is 12.8 Å². The van der Waals surface area contributed by atoms with Crippen LogP contribution in [0.5, 0.6) is 5.88 Å². The van der Waals surface area contributed by atoms with E-state index >= 15 is 0 Å². The van der Waals surface area contributed by atoms with Crippen LogP contribution in [0.4, 0.5) is 5.69 Å². The van der Waals surface area contributed by atoms with E-state index in [9.17, 15) is 0 Å². The van der Waals surface area contributed by atoms with Crippen molar-refractivity contribution in [3.63, 3.8) is 0 Å². The Labute approximate surface area is 72.6 Å². The summed E-state index contributed by atoms with van der Waals surface area (Å²) in [6.45, 7) is 4.18. The summed E-state index contributed by atoms with van der Waals surface area (Å²) in [7, 11) is 1.60. The van der Waals surface area contributed by atoms with Crippen molar-refractivity contribution in [2.24, 2.45) is 0 Å². The number of pyridine rings is 1. The monoisotopic (exact) mass is 166 g/mol. The van der Waals surface area contributed by atoms with E-state index in [4.69, 9.17) is 10.5 Å². The molecule has 66 valence electrons. The number of nitrogens with zero attached hydrogens (tertiary/aromatic N) is 1. The van der Waals surface area contributed by atoms with Crippen LogP contribution in [0, 0.1) is 0 Å². The summed E-state index contributed by atoms with van der Waals surface area (Å²) in [5, 5.41) is 0. The van der Waals surface area contributed by atoms with Gasteiger partial charge in [-0.25, -0.2) is 4.98 Å². The molecule has 0 aliphatic heterocycles. The Bertz CT molecular complexity index is 271. The number of aromatic nitrogens is 1. The smallest absolute Gasteiger partial charge is 0.213 e. The maximum absolute atomic E-state index is 5.73. The van der Waals surface area contributed by atoms with Gasteiger partial charge in [0, 0.05) is 6.07 Å². The molecule has 0 fully saturated rings. The fourth-order valence-electron chi connectivity index (χ4n) is 1.07. The Morgan fingerprint density at radius 3 is 2.67 bits per heavy atom. The average molecular weight is 166 g/mol. The molecule has 2 N–H and O–H groups in total. The SMILES string of the molecule is COc1cc(C(C)C)c(N)cn1. The number of hydrogen-bond donors (Lipinski definition) is 1. The van der Waals surface area contributed by atoms with Gasteiger partial charge in [0.05, 0.1) is 19.0 Å². The number of nitrogens with two attached hydrogens (primary N) is 1. The van der Waals surface area contributed by atoms with Crippen LogP contribution in [0.1, 0.15) is 25.3 Å². The first-order valence-corrected chi connectivity index (χ1v) is 3.94. The maximum Gasteiger partial charge on any atom is 0.213 e. The predicted octanol–water partition coefficient (Wildman–Crippen LogP) is 1.80. The van der Waals surface area contributed by atoms with Gasteiger partial charge in [0.2, 0.25) is 5.88 Å². The van der Waals surface area contributed by atoms with Crippen LogP contribution in [-0.4, -0.2) is 12.1 Å². The number of nitrogen functional groups attached to an aromatic ring is 1. The first-order chi connectivity index (χ1) is 5.65. The van der Waals surface area contributed by atoms with Gasteiger partial charge in [-0.3, -0.25) is 0 Å². The standard InChI is InChI=1S/C9H14N2O/c1-6(2)7-4-9(12-3)11-5-8(7)10/h4-6H,10H2,1-3H3. The molecule has 0 atom stereocenters. The first-order valence-electron chi connectivity index (χ1n) is 3.94. The van der Waals surface area contributed by atoms with E-state index in [2.05, 4.69) is 18.8 Å². The molecular formula is C9H14N2O. The van der Waals surface area contributed by atoms with Gasteiger partial charge in [0.1, 0.15) is 0 Å². The summed E-state index contributed by atoms with van der Waals surface area (Å²) in [4.78, 5) is 3.99. The minimum Gasteiger partial charge on any atom is -0.481 e. The molecule has 0 saturated carbocycles. The zero-order chi connectivity index (χ0) is 9.14. The van der Waals surface area contributed by atoms with Gasteiger partial charge in [-0.05, 0) is 11.5 Å². The van der Waals surface area contributed by atoms with E-state index in [1.165, 1.54) is 0 Å². The maximum atomic E-state index is 5.73. The van der Waals surface area contributed by atoms with Crippen molar-refractivity contribution in [3.8, 4) is 5.88 Å². The molecule has 0 unspecified atom stereocenters. The summed E-state index contributed by atoms with van der Waals surface area (Å²) in [5.41, 5.74) is 7.54. The summed E-state index contributed by atoms with van der Waals surface area (Å²) in [5.74, 6) is 1.02. The van der Waals surface area contributed by atoms with Crippen LogP contribution in [0.25, 0.3) is 0 Å². The highest BCUT2D eigenvalue weighted by molar-refractivity contribution is 5.48. The van der Waals surface area contributed by atoms with Crippen LogP contribution in [0.3, 0.4) is 0 Å². The highest BCUT2D eigenvalue weighted by Crippen LogP contribution is 2.23. The number of hydrogen-bond acceptors (Lipinski definition) is 3. The Morgan fingerprint density at radius 2 is 2.17 bits per heavy atom. The molecule has 0 aliphatic rings. The van der Waals surface area contributed by atoms with Crippen molar-refractivity contribution in [2.45, 2.75) is 19.8 Å². The molecule has 0 radical (unpaired) electrons. The summed E-state index contributed by atoms with van der Waals surface area (Å²) in [6, 6.07) is 1.88. The molecule has 0 saturated heterocycles. The lowest BCUT2D eigenvalue weighted by molar-refractivity contribution is 0.397. The minimum absolute atomic E-state index is 0.405. The number of methoxy groups -OCH3 is 1. The molecule has 3 heteroatoms. The summed E-state index contributed by atoms with van der Waals surface area (Å²) in [6.07, 6.45) is 1.63. The largest absolute Gasteiger partial charge is 0.481 e. The lowest BCUT2D eigenvalue weighted by Crippen LogP contribution is -1.99. The Balaban J connectivity index is 3.08. The van der Waals surface area contributed by atoms with E-state index in [0.29, 0.717) is 11.8 Å². The van der Waals surface area contributed by atoms with Gasteiger partial charge in [-0.15, -0.1) is 0 Å². The molecular weight excluding hydrogens is 152 g/mol. The average Bonchev–Trinajstić information content (AvgIpc) is 2.05. The van der Waals surface area contributed by atoms with Gasteiger partial charge in [-0.1, -0.05) is 13.8 Å². The number of rotatable bonds is 2. The normalized spacial score (nSPS) is 10.3. The molecule has 0 bridgehead atoms. The lowest BCUT2D eigenvalue weighted by Gasteiger charge is -2.09. The lowest BCUT2D eigenvalue weighted by atomic mass is 10.0. The zero-order valence-corrected chi connectivity index (χ0v) is 7.66. The molecule has 3 nitrogen and oxygen atoms in total. The third kappa shape index (κ3) is 1.67. The summed E-state index contributed by atoms with van der Waals surface area (Å²) >= 11 is 0. The van der Waals surface area contributed by atoms with Gasteiger partial charge in [-0.2, -0.15) is 0 Å². The van der Waals surface area contributed by atoms with Gasteiger partial charge in [0.15, 0.2) is 0 Å². The molecule has 0 aromatic carbocycles. The van der Waals surface area contributed by atoms with Crippen LogP contribution in [0.2, 0.25) is 0 Å². The van der Waals surface area contributed by atoms with Crippen molar-refractivity contribution < 1.29 is 4.74 Å². The van der Waals surface area contributed by atoms with Crippen molar-refractivity contribution in [1.29, 1.82) is 0 Å². The van der Waals surface area contributed by atoms with Crippen molar-refractivity contribution >= 4 is 5.69 Å². The third-order valence-corrected chi connectivity index (χ3v) is 1.77. The molecule has 1 heterocycles. The molecule has 1 rings (SSSR count). The quantitative estimate of drug-likeness (QED) is 0.728. The molecule has 0 amide bonds. The van der Waals surface area contributed by atoms with Gasteiger partial charge in [0.25, 0.3) is 0 Å². The molecule has 12 heavy (non-hydrogen) atoms. The highest BCUT2D eigenvalue weighted by Gasteiger charge is 2.05. The van der Waals surface area contributed by atoms with E-state index in [1.807, 2.05) is 6.07 Å². The Kier molecular flexibility index (Phi) is 2.53. The molecule has 0 spiro atoms. The molecule has 1 aromatic rings. The Morgan fingerprint density at radius 1 is 1.50 bits per heavy atom. The van der Waals surface area contributed by atoms with E-state index in [-0.39, 0.29) is 0 Å². The second-order valence-corrected chi connectivity index (χ2v) is 3.01. The van der Waals surface area contributed by atoms with Crippen LogP contribution in [0.15, 0.2) is 12.3 Å². The van der Waals surface area contributed by atoms with Crippen LogP contribution >= 0.6 is 0 Å². The number of anilines is 1. The van der Waals surface area contributed by atoms with Crippen molar-refractivity contribution in [1.82, 2.24) is 4.98 Å². The van der Waals surface area contributed by atoms with E-state index in [1.54, 1.807) is 13.3 Å². The molecule has 0 aliphatic carbocycles. The first kappa shape index (κ1) is 8.84. The van der Waals surface area contributed by atoms with Crippen LogP contribution in [-0.2, 0) is 0 Å². The van der Waals surface area contributed by atoms with Gasteiger partial charge >= 0.3 is 0 Å². The predicted molar refractivity (Wildman–Crippen MR) is 49.3 cm³/mol. The van der Waals surface area contributed by atoms with Crippen molar-refractivity contribution in [3.05, 3.63) is 17.8 Å². The second-order valence-electron chi connectivity index (χ2n) is 3.01. The summed E-state index contributed by atoms with van der Waals surface area (Å²) < 4.78 is 4.99. The third-order valence-electron chi connectivity index (χ3n) is 1.77. The Hall–Kier alpha value is -1.25. The van der Waals surface area contributed by atoms with Crippen LogP contribution < -0.4 is 10.5 Å². The van der Waals surface area contributed by atoms with Gasteiger partial charge < -0.3 is 10.5 Å². The fourth-order valence-corrected chi connectivity index (χ4v) is 1.07. The minimum atomic E-state index is 0.405. The zero-order valence-electron chi connectivity index (χ0n) is 7.66. The topological polar surface area (TPSA) is 48.1 Å². The second kappa shape index (κ2) is 3.43. The van der Waals surface area contributed by atoms with E-state index < -0.39 is 0 Å². The molecule has 1 aromatic heterocycles. The fraction of sp³-hybridized carbons (Fsp3) is 0.444. The highest BCUT2D eigenvalue weighted by atomic mass is 16.5.